The van der Waals surface area contributed by atoms with Crippen molar-refractivity contribution in [1.82, 2.24) is 0 Å². The van der Waals surface area contributed by atoms with Gasteiger partial charge in [0.2, 0.25) is 0 Å². The number of rotatable bonds is 6. The molecular weight excluding hydrogens is 378 g/mol. The number of hydrogen-bond donors (Lipinski definition) is 0. The molecule has 0 bridgehead atoms. The summed E-state index contributed by atoms with van der Waals surface area (Å²) in [5.74, 6) is 0. The lowest BCUT2D eigenvalue weighted by atomic mass is 10.4. The van der Waals surface area contributed by atoms with Gasteiger partial charge in [0.05, 0.1) is 0 Å². The lowest BCUT2D eigenvalue weighted by Gasteiger charge is -2.20. The Labute approximate surface area is 117 Å². The van der Waals surface area contributed by atoms with E-state index >= 15 is 0 Å². The van der Waals surface area contributed by atoms with Crippen molar-refractivity contribution in [2.24, 2.45) is 0 Å². The van der Waals surface area contributed by atoms with E-state index < -0.39 is 56.9 Å². The first-order chi connectivity index (χ1) is 8.69. The van der Waals surface area contributed by atoms with Crippen LogP contribution in [0.25, 0.3) is 0 Å². The molecule has 0 saturated heterocycles. The van der Waals surface area contributed by atoms with E-state index in [9.17, 15) is 43.2 Å². The average Bonchev–Trinajstić information content (AvgIpc) is 2.20. The zero-order chi connectivity index (χ0) is 16.4. The monoisotopic (exact) mass is 386 g/mol. The molecule has 0 saturated carbocycles. The van der Waals surface area contributed by atoms with Gasteiger partial charge in [0.1, 0.15) is 8.83 Å². The molecule has 122 valence electrons. The molecule has 0 heterocycles. The van der Waals surface area contributed by atoms with E-state index in [1.54, 1.807) is 0 Å². The molecule has 0 aliphatic carbocycles. The molecule has 0 spiro atoms. The number of halogens is 7. The highest BCUT2D eigenvalue weighted by Gasteiger charge is 2.62. The zero-order valence-corrected chi connectivity index (χ0v) is 13.3. The quantitative estimate of drug-likeness (QED) is 0.301. The lowest BCUT2D eigenvalue weighted by molar-refractivity contribution is -0.0472. The van der Waals surface area contributed by atoms with E-state index in [0.29, 0.717) is 0 Å². The summed E-state index contributed by atoms with van der Waals surface area (Å²) in [6, 6.07) is 0.0127. The van der Waals surface area contributed by atoms with E-state index in [2.05, 4.69) is 0 Å². The Bertz CT molecular complexity index is 481. The van der Waals surface area contributed by atoms with Gasteiger partial charge in [-0.2, -0.15) is 37.4 Å². The minimum absolute atomic E-state index is 0.0127. The predicted octanol–water partition coefficient (Wildman–Crippen LogP) is 1.70. The molecule has 0 unspecified atom stereocenters. The first-order valence-electron chi connectivity index (χ1n) is 4.86. The van der Waals surface area contributed by atoms with E-state index in [-0.39, 0.29) is 6.04 Å². The summed E-state index contributed by atoms with van der Waals surface area (Å²) in [7, 11) is -14.3. The summed E-state index contributed by atoms with van der Waals surface area (Å²) in [6.07, 6.45) is -1.76. The maximum absolute atomic E-state index is 12.3. The second kappa shape index (κ2) is 6.40. The third-order valence-corrected chi connectivity index (χ3v) is 8.40. The van der Waals surface area contributed by atoms with E-state index in [1.807, 2.05) is 0 Å². The van der Waals surface area contributed by atoms with Crippen molar-refractivity contribution in [3.8, 4) is 0 Å². The normalized spacial score (nSPS) is 15.4. The van der Waals surface area contributed by atoms with Gasteiger partial charge < -0.3 is 0 Å². The molecule has 0 aromatic heterocycles. The highest BCUT2D eigenvalue weighted by molar-refractivity contribution is 8.09. The van der Waals surface area contributed by atoms with Crippen LogP contribution in [0.1, 0.15) is 12.8 Å². The Hall–Kier alpha value is -0.0131. The molecule has 4 nitrogen and oxygen atoms in total. The van der Waals surface area contributed by atoms with Crippen LogP contribution in [0.2, 0.25) is 6.04 Å². The number of sulfone groups is 2. The van der Waals surface area contributed by atoms with Gasteiger partial charge in [-0.15, -0.1) is 0 Å². The summed E-state index contributed by atoms with van der Waals surface area (Å²) >= 11 is 5.29. The number of alkyl halides is 6. The molecule has 0 rings (SSSR count). The Morgan fingerprint density at radius 2 is 1.25 bits per heavy atom. The van der Waals surface area contributed by atoms with Crippen molar-refractivity contribution in [2.45, 2.75) is 34.5 Å². The van der Waals surface area contributed by atoms with Crippen LogP contribution < -0.4 is 0 Å². The van der Waals surface area contributed by atoms with E-state index in [1.165, 1.54) is 0 Å². The summed E-state index contributed by atoms with van der Waals surface area (Å²) in [4.78, 5) is 0. The van der Waals surface area contributed by atoms with Crippen molar-refractivity contribution in [2.75, 3.05) is 0 Å². The zero-order valence-electron chi connectivity index (χ0n) is 9.50. The van der Waals surface area contributed by atoms with Crippen LogP contribution in [-0.2, 0) is 19.7 Å². The molecule has 0 aromatic carbocycles. The van der Waals surface area contributed by atoms with Crippen LogP contribution in [0.3, 0.4) is 0 Å². The second-order valence-corrected chi connectivity index (χ2v) is 10.4. The Morgan fingerprint density at radius 3 is 1.50 bits per heavy atom. The van der Waals surface area contributed by atoms with Crippen LogP contribution in [0, 0.1) is 0 Å². The summed E-state index contributed by atoms with van der Waals surface area (Å²) in [5, 5.41) is 0. The first-order valence-corrected chi connectivity index (χ1v) is 11.1. The van der Waals surface area contributed by atoms with E-state index in [4.69, 9.17) is 11.1 Å². The van der Waals surface area contributed by atoms with Gasteiger partial charge in [-0.3, -0.25) is 0 Å². The fourth-order valence-corrected chi connectivity index (χ4v) is 5.76. The van der Waals surface area contributed by atoms with Gasteiger partial charge >= 0.3 is 11.0 Å². The van der Waals surface area contributed by atoms with Crippen molar-refractivity contribution in [1.29, 1.82) is 0 Å². The molecule has 0 aromatic rings. The second-order valence-electron chi connectivity index (χ2n) is 3.60. The van der Waals surface area contributed by atoms with Gasteiger partial charge in [-0.25, -0.2) is 16.8 Å². The fraction of sp³-hybridized carbons (Fsp3) is 1.00. The molecule has 0 N–H and O–H groups in total. The standard InChI is InChI=1S/C6H9ClF6O4S2Si/c7-20-3-1-2-4(18(14,15)5(8,9)10)19(16,17)6(11,12)13/h4H,1-3,20H2. The largest absolute Gasteiger partial charge is 0.498 e. The topological polar surface area (TPSA) is 68.3 Å². The van der Waals surface area contributed by atoms with Gasteiger partial charge in [0.15, 0.2) is 4.58 Å². The maximum Gasteiger partial charge on any atom is 0.498 e. The van der Waals surface area contributed by atoms with Crippen molar-refractivity contribution in [3.63, 3.8) is 0 Å². The van der Waals surface area contributed by atoms with Gasteiger partial charge in [0, 0.05) is 0 Å². The summed E-state index contributed by atoms with van der Waals surface area (Å²) < 4.78 is 114. The van der Waals surface area contributed by atoms with E-state index in [0.717, 1.165) is 0 Å². The van der Waals surface area contributed by atoms with Crippen LogP contribution in [0.15, 0.2) is 0 Å². The molecule has 0 radical (unpaired) electrons. The third-order valence-electron chi connectivity index (χ3n) is 2.16. The van der Waals surface area contributed by atoms with Crippen LogP contribution in [0.5, 0.6) is 0 Å². The minimum atomic E-state index is -6.50. The minimum Gasteiger partial charge on any atom is -0.218 e. The molecule has 14 heteroatoms. The highest BCUT2D eigenvalue weighted by atomic mass is 35.6. The highest BCUT2D eigenvalue weighted by Crippen LogP contribution is 2.38. The van der Waals surface area contributed by atoms with Gasteiger partial charge in [-0.05, 0) is 12.5 Å². The first kappa shape index (κ1) is 20.0. The smallest absolute Gasteiger partial charge is 0.218 e. The molecule has 0 fully saturated rings. The molecule has 0 aliphatic heterocycles. The fourth-order valence-electron chi connectivity index (χ4n) is 1.18. The van der Waals surface area contributed by atoms with Crippen molar-refractivity contribution in [3.05, 3.63) is 0 Å². The number of hydrogen-bond acceptors (Lipinski definition) is 4. The summed E-state index contributed by atoms with van der Waals surface area (Å²) in [6.45, 7) is 0. The van der Waals surface area contributed by atoms with Gasteiger partial charge in [0.25, 0.3) is 19.7 Å². The van der Waals surface area contributed by atoms with Crippen molar-refractivity contribution >= 4 is 39.6 Å². The molecule has 0 aliphatic rings. The summed E-state index contributed by atoms with van der Waals surface area (Å²) in [5.41, 5.74) is -12.2. The third kappa shape index (κ3) is 4.24. The van der Waals surface area contributed by atoms with Crippen LogP contribution in [-0.4, -0.2) is 41.3 Å². The maximum atomic E-state index is 12.3. The Morgan fingerprint density at radius 1 is 0.900 bits per heavy atom. The Balaban J connectivity index is 5.78. The molecule has 0 amide bonds. The molecular formula is C6H9ClF6O4S2Si. The lowest BCUT2D eigenvalue weighted by Crippen LogP contribution is -2.44. The molecule has 20 heavy (non-hydrogen) atoms. The average molecular weight is 387 g/mol. The van der Waals surface area contributed by atoms with Crippen molar-refractivity contribution < 1.29 is 43.2 Å². The van der Waals surface area contributed by atoms with Crippen LogP contribution >= 0.6 is 11.1 Å². The predicted molar refractivity (Wildman–Crippen MR) is 62.2 cm³/mol. The van der Waals surface area contributed by atoms with Crippen LogP contribution in [0.4, 0.5) is 26.3 Å². The van der Waals surface area contributed by atoms with Gasteiger partial charge in [-0.1, -0.05) is 6.42 Å². The SMILES string of the molecule is O=S(=O)(C(CCC[SiH2]Cl)S(=O)(=O)C(F)(F)F)C(F)(F)F. The Kier molecular flexibility index (Phi) is 6.39. The molecule has 0 atom stereocenters.